The molecule has 1 saturated heterocycles. The first-order valence-electron chi connectivity index (χ1n) is 10.8. The molecule has 2 aromatic carbocycles. The Bertz CT molecular complexity index is 1080. The quantitative estimate of drug-likeness (QED) is 0.418. The van der Waals surface area contributed by atoms with E-state index in [0.29, 0.717) is 29.1 Å². The Labute approximate surface area is 197 Å². The van der Waals surface area contributed by atoms with Crippen LogP contribution in [0.4, 0.5) is 5.13 Å². The molecule has 1 fully saturated rings. The van der Waals surface area contributed by atoms with Crippen molar-refractivity contribution in [3.05, 3.63) is 47.5 Å². The van der Waals surface area contributed by atoms with Crippen molar-refractivity contribution in [3.8, 4) is 11.5 Å². The van der Waals surface area contributed by atoms with Gasteiger partial charge < -0.3 is 14.2 Å². The molecule has 1 unspecified atom stereocenters. The van der Waals surface area contributed by atoms with Crippen molar-refractivity contribution < 1.29 is 19.0 Å². The van der Waals surface area contributed by atoms with Crippen molar-refractivity contribution in [2.75, 3.05) is 24.7 Å². The second-order valence-corrected chi connectivity index (χ2v) is 9.62. The Hall–Kier alpha value is -2.35. The van der Waals surface area contributed by atoms with Crippen LogP contribution >= 0.6 is 22.9 Å². The van der Waals surface area contributed by atoms with E-state index in [9.17, 15) is 4.79 Å². The summed E-state index contributed by atoms with van der Waals surface area (Å²) in [5.41, 5.74) is -0.282. The molecule has 0 spiro atoms. The number of anilines is 1. The van der Waals surface area contributed by atoms with Crippen LogP contribution in [0.25, 0.3) is 10.2 Å². The van der Waals surface area contributed by atoms with Crippen molar-refractivity contribution >= 4 is 44.2 Å². The van der Waals surface area contributed by atoms with E-state index < -0.39 is 5.60 Å². The summed E-state index contributed by atoms with van der Waals surface area (Å²) in [5.74, 6) is 1.20. The molecule has 3 aromatic rings. The fourth-order valence-electron chi connectivity index (χ4n) is 3.67. The van der Waals surface area contributed by atoms with E-state index >= 15 is 0 Å². The molecule has 1 aliphatic heterocycles. The number of nitrogens with zero attached hydrogens (tertiary/aromatic N) is 2. The van der Waals surface area contributed by atoms with Crippen LogP contribution < -0.4 is 14.4 Å². The number of hydrogen-bond donors (Lipinski definition) is 0. The van der Waals surface area contributed by atoms with Gasteiger partial charge in [-0.15, -0.1) is 0 Å². The first-order chi connectivity index (χ1) is 15.4. The number of thiazole rings is 1. The topological polar surface area (TPSA) is 60.9 Å². The average molecular weight is 475 g/mol. The molecule has 1 aliphatic rings. The second kappa shape index (κ2) is 9.65. The molecule has 32 heavy (non-hydrogen) atoms. The number of fused-ring (bicyclic) bond motifs is 1. The van der Waals surface area contributed by atoms with Crippen LogP contribution in [0.15, 0.2) is 42.5 Å². The van der Waals surface area contributed by atoms with Crippen LogP contribution in [0.5, 0.6) is 11.5 Å². The van der Waals surface area contributed by atoms with E-state index in [4.69, 9.17) is 30.8 Å². The Morgan fingerprint density at radius 3 is 2.69 bits per heavy atom. The summed E-state index contributed by atoms with van der Waals surface area (Å²) in [4.78, 5) is 20.2. The number of ether oxygens (including phenoxy) is 3. The predicted molar refractivity (Wildman–Crippen MR) is 128 cm³/mol. The van der Waals surface area contributed by atoms with Crippen molar-refractivity contribution in [2.24, 2.45) is 0 Å². The fourth-order valence-corrected chi connectivity index (χ4v) is 4.80. The number of hydrogen-bond acceptors (Lipinski definition) is 6. The fraction of sp³-hybridized carbons (Fsp3) is 0.417. The van der Waals surface area contributed by atoms with Gasteiger partial charge in [0.25, 0.3) is 5.91 Å². The maximum absolute atomic E-state index is 13.7. The van der Waals surface area contributed by atoms with E-state index in [1.807, 2.05) is 25.1 Å². The highest BCUT2D eigenvalue weighted by Crippen LogP contribution is 2.34. The van der Waals surface area contributed by atoms with Crippen molar-refractivity contribution in [3.63, 3.8) is 0 Å². The number of carbonyl (C=O) groups is 1. The molecule has 6 nitrogen and oxygen atoms in total. The molecule has 4 rings (SSSR count). The van der Waals surface area contributed by atoms with Gasteiger partial charge in [-0.3, -0.25) is 9.69 Å². The zero-order valence-electron chi connectivity index (χ0n) is 18.5. The van der Waals surface area contributed by atoms with Gasteiger partial charge in [0.15, 0.2) is 10.7 Å². The number of halogens is 1. The summed E-state index contributed by atoms with van der Waals surface area (Å²) >= 11 is 7.45. The summed E-state index contributed by atoms with van der Waals surface area (Å²) in [6.07, 6.45) is 1.90. The smallest absolute Gasteiger partial charge is 0.272 e. The Balaban J connectivity index is 1.64. The minimum absolute atomic E-state index is 0.0173. The molecule has 1 amide bonds. The summed E-state index contributed by atoms with van der Waals surface area (Å²) < 4.78 is 18.5. The van der Waals surface area contributed by atoms with Gasteiger partial charge in [0.05, 0.1) is 29.5 Å². The molecule has 1 atom stereocenters. The van der Waals surface area contributed by atoms with E-state index in [-0.39, 0.29) is 12.0 Å². The van der Waals surface area contributed by atoms with Crippen molar-refractivity contribution in [2.45, 2.75) is 45.3 Å². The van der Waals surface area contributed by atoms with Crippen molar-refractivity contribution in [1.29, 1.82) is 0 Å². The number of benzene rings is 2. The Morgan fingerprint density at radius 1 is 1.25 bits per heavy atom. The lowest BCUT2D eigenvalue weighted by Crippen LogP contribution is -2.51. The van der Waals surface area contributed by atoms with Crippen LogP contribution in [0, 0.1) is 0 Å². The normalized spacial score (nSPS) is 16.3. The van der Waals surface area contributed by atoms with Gasteiger partial charge in [0.1, 0.15) is 11.5 Å². The summed E-state index contributed by atoms with van der Waals surface area (Å²) in [6.45, 7) is 7.24. The van der Waals surface area contributed by atoms with E-state index in [2.05, 4.69) is 0 Å². The van der Waals surface area contributed by atoms with Crippen LogP contribution in [0.2, 0.25) is 5.02 Å². The molecule has 0 radical (unpaired) electrons. The lowest BCUT2D eigenvalue weighted by molar-refractivity contribution is -0.131. The zero-order chi connectivity index (χ0) is 22.7. The highest BCUT2D eigenvalue weighted by atomic mass is 35.5. The maximum atomic E-state index is 13.7. The van der Waals surface area contributed by atoms with Gasteiger partial charge >= 0.3 is 0 Å². The predicted octanol–water partition coefficient (Wildman–Crippen LogP) is 5.72. The van der Waals surface area contributed by atoms with Gasteiger partial charge in [0, 0.05) is 11.6 Å². The van der Waals surface area contributed by atoms with E-state index in [1.165, 1.54) is 11.3 Å². The van der Waals surface area contributed by atoms with Crippen LogP contribution in [-0.2, 0) is 9.53 Å². The monoisotopic (exact) mass is 474 g/mol. The molecular weight excluding hydrogens is 448 g/mol. The Morgan fingerprint density at radius 2 is 2.00 bits per heavy atom. The van der Waals surface area contributed by atoms with Crippen LogP contribution in [-0.4, -0.2) is 42.4 Å². The van der Waals surface area contributed by atoms with Gasteiger partial charge in [-0.2, -0.15) is 0 Å². The molecule has 0 bridgehead atoms. The highest BCUT2D eigenvalue weighted by Gasteiger charge is 2.38. The first-order valence-corrected chi connectivity index (χ1v) is 12.0. The molecule has 8 heteroatoms. The van der Waals surface area contributed by atoms with Gasteiger partial charge in [-0.25, -0.2) is 4.98 Å². The molecular formula is C24H27ClN2O4S. The third kappa shape index (κ3) is 5.17. The SMILES string of the molecule is CCOc1ccc2nc(N(CC3CCCO3)C(=O)C(C)(C)Oc3ccc(Cl)cc3)sc2c1. The summed E-state index contributed by atoms with van der Waals surface area (Å²) in [6, 6.07) is 12.8. The first kappa shape index (κ1) is 22.8. The lowest BCUT2D eigenvalue weighted by atomic mass is 10.1. The number of carbonyl (C=O) groups excluding carboxylic acids is 1. The number of rotatable bonds is 8. The van der Waals surface area contributed by atoms with Gasteiger partial charge in [-0.1, -0.05) is 22.9 Å². The number of aromatic nitrogens is 1. The number of amides is 1. The third-order valence-corrected chi connectivity index (χ3v) is 6.54. The molecule has 1 aromatic heterocycles. The molecule has 0 N–H and O–H groups in total. The zero-order valence-corrected chi connectivity index (χ0v) is 20.0. The van der Waals surface area contributed by atoms with E-state index in [1.54, 1.807) is 43.0 Å². The van der Waals surface area contributed by atoms with Crippen molar-refractivity contribution in [1.82, 2.24) is 4.98 Å². The average Bonchev–Trinajstić information content (AvgIpc) is 3.42. The molecule has 2 heterocycles. The van der Waals surface area contributed by atoms with Gasteiger partial charge in [-0.05, 0) is 76.1 Å². The minimum Gasteiger partial charge on any atom is -0.494 e. The lowest BCUT2D eigenvalue weighted by Gasteiger charge is -2.32. The van der Waals surface area contributed by atoms with Crippen LogP contribution in [0.1, 0.15) is 33.6 Å². The second-order valence-electron chi connectivity index (χ2n) is 8.18. The van der Waals surface area contributed by atoms with Crippen LogP contribution in [0.3, 0.4) is 0 Å². The van der Waals surface area contributed by atoms with E-state index in [0.717, 1.165) is 35.4 Å². The largest absolute Gasteiger partial charge is 0.494 e. The highest BCUT2D eigenvalue weighted by molar-refractivity contribution is 7.22. The summed E-state index contributed by atoms with van der Waals surface area (Å²) in [5, 5.41) is 1.24. The maximum Gasteiger partial charge on any atom is 0.272 e. The Kier molecular flexibility index (Phi) is 6.88. The molecule has 0 aliphatic carbocycles. The minimum atomic E-state index is -1.11. The molecule has 170 valence electrons. The third-order valence-electron chi connectivity index (χ3n) is 5.25. The summed E-state index contributed by atoms with van der Waals surface area (Å²) in [7, 11) is 0. The van der Waals surface area contributed by atoms with Gasteiger partial charge in [0.2, 0.25) is 0 Å². The standard InChI is InChI=1S/C24H27ClN2O4S/c1-4-29-18-11-12-20-21(14-18)32-23(26-20)27(15-19-6-5-13-30-19)22(28)24(2,3)31-17-9-7-16(25)8-10-17/h7-12,14,19H,4-6,13,15H2,1-3H3. The molecule has 0 saturated carbocycles.